The van der Waals surface area contributed by atoms with Gasteiger partial charge in [0, 0.05) is 11.6 Å². The molecule has 0 spiro atoms. The number of hydrogen-bond acceptors (Lipinski definition) is 6. The molecular formula is C22H16F3N3O6. The van der Waals surface area contributed by atoms with Gasteiger partial charge in [-0.15, -0.1) is 0 Å². The first-order valence-electron chi connectivity index (χ1n) is 9.83. The van der Waals surface area contributed by atoms with Crippen molar-refractivity contribution in [2.45, 2.75) is 17.9 Å². The van der Waals surface area contributed by atoms with Crippen molar-refractivity contribution < 1.29 is 37.2 Å². The average Bonchev–Trinajstić information content (AvgIpc) is 3.28. The number of nitro benzene ring substituents is 1. The maximum atomic E-state index is 14.0. The molecule has 0 unspecified atom stereocenters. The molecule has 0 aliphatic carbocycles. The maximum Gasteiger partial charge on any atom is 0.437 e. The summed E-state index contributed by atoms with van der Waals surface area (Å²) in [6, 6.07) is 11.8. The van der Waals surface area contributed by atoms with E-state index in [1.165, 1.54) is 66.0 Å². The van der Waals surface area contributed by atoms with Crippen LogP contribution in [0.4, 0.5) is 23.7 Å². The molecule has 3 aromatic rings. The number of para-hydroxylation sites is 1. The number of amides is 2. The number of urea groups is 1. The molecule has 34 heavy (non-hydrogen) atoms. The van der Waals surface area contributed by atoms with E-state index in [0.717, 1.165) is 0 Å². The Kier molecular flexibility index (Phi) is 5.61. The summed E-state index contributed by atoms with van der Waals surface area (Å²) in [5, 5.41) is 25.6. The van der Waals surface area contributed by atoms with Crippen LogP contribution in [0.2, 0.25) is 0 Å². The smallest absolute Gasteiger partial charge is 0.437 e. The zero-order valence-corrected chi connectivity index (χ0v) is 17.1. The number of rotatable bonds is 5. The summed E-state index contributed by atoms with van der Waals surface area (Å²) >= 11 is 0. The van der Waals surface area contributed by atoms with Crippen molar-refractivity contribution in [1.82, 2.24) is 10.6 Å². The largest absolute Gasteiger partial charge is 0.459 e. The van der Waals surface area contributed by atoms with Gasteiger partial charge < -0.3 is 20.2 Å². The van der Waals surface area contributed by atoms with Crippen LogP contribution in [0.15, 0.2) is 71.1 Å². The molecule has 0 saturated carbocycles. The molecule has 3 N–H and O–H groups in total. The van der Waals surface area contributed by atoms with Crippen LogP contribution in [0.3, 0.4) is 0 Å². The fourth-order valence-corrected chi connectivity index (χ4v) is 3.86. The van der Waals surface area contributed by atoms with E-state index in [1.807, 2.05) is 0 Å². The van der Waals surface area contributed by atoms with E-state index in [1.54, 1.807) is 6.07 Å². The van der Waals surface area contributed by atoms with Gasteiger partial charge in [-0.1, -0.05) is 42.5 Å². The standard InChI is InChI=1S/C22H16F3N3O6/c23-22(24,25)21(31)17(19(29)12-6-2-1-3-7-12)18(26-20(30)27-21)16-11-10-15(34-16)13-8-4-5-9-14(13)28(32)33/h1-11,17-18,31H,(H2,26,27,30)/t17-,18-,21-/m1/s1. The fourth-order valence-electron chi connectivity index (χ4n) is 3.86. The lowest BCUT2D eigenvalue weighted by Crippen LogP contribution is -2.72. The molecule has 2 aromatic carbocycles. The molecular weight excluding hydrogens is 459 g/mol. The number of aliphatic hydroxyl groups is 1. The Bertz CT molecular complexity index is 1260. The average molecular weight is 475 g/mol. The van der Waals surface area contributed by atoms with Crippen molar-refractivity contribution >= 4 is 17.5 Å². The monoisotopic (exact) mass is 475 g/mol. The highest BCUT2D eigenvalue weighted by molar-refractivity contribution is 6.00. The van der Waals surface area contributed by atoms with Crippen molar-refractivity contribution in [3.63, 3.8) is 0 Å². The maximum absolute atomic E-state index is 14.0. The van der Waals surface area contributed by atoms with Crippen molar-refractivity contribution in [3.05, 3.63) is 88.2 Å². The Balaban J connectivity index is 1.83. The lowest BCUT2D eigenvalue weighted by Gasteiger charge is -2.44. The number of alkyl halides is 3. The van der Waals surface area contributed by atoms with E-state index >= 15 is 0 Å². The van der Waals surface area contributed by atoms with Crippen LogP contribution in [0, 0.1) is 16.0 Å². The Morgan fingerprint density at radius 3 is 2.35 bits per heavy atom. The lowest BCUT2D eigenvalue weighted by molar-refractivity contribution is -0.384. The van der Waals surface area contributed by atoms with Gasteiger partial charge in [0.25, 0.3) is 5.69 Å². The summed E-state index contributed by atoms with van der Waals surface area (Å²) < 4.78 is 47.5. The topological polar surface area (TPSA) is 135 Å². The predicted molar refractivity (Wildman–Crippen MR) is 110 cm³/mol. The molecule has 176 valence electrons. The Labute approximate surface area is 189 Å². The third-order valence-corrected chi connectivity index (χ3v) is 5.45. The van der Waals surface area contributed by atoms with Gasteiger partial charge in [-0.2, -0.15) is 13.2 Å². The minimum Gasteiger partial charge on any atom is -0.459 e. The van der Waals surface area contributed by atoms with Gasteiger partial charge >= 0.3 is 12.2 Å². The zero-order valence-electron chi connectivity index (χ0n) is 17.1. The molecule has 1 aliphatic rings. The third kappa shape index (κ3) is 3.88. The first kappa shape index (κ1) is 23.0. The molecule has 1 fully saturated rings. The number of furan rings is 1. The van der Waals surface area contributed by atoms with Crippen molar-refractivity contribution in [2.75, 3.05) is 0 Å². The predicted octanol–water partition coefficient (Wildman–Crippen LogP) is 3.96. The van der Waals surface area contributed by atoms with Crippen LogP contribution in [0.25, 0.3) is 11.3 Å². The first-order chi connectivity index (χ1) is 16.0. The van der Waals surface area contributed by atoms with Crippen LogP contribution in [-0.4, -0.2) is 33.7 Å². The minimum absolute atomic E-state index is 0.0380. The zero-order chi connectivity index (χ0) is 24.7. The Morgan fingerprint density at radius 2 is 1.71 bits per heavy atom. The number of nitro groups is 1. The molecule has 2 heterocycles. The number of nitrogens with one attached hydrogen (secondary N) is 2. The van der Waals surface area contributed by atoms with Crippen LogP contribution in [-0.2, 0) is 0 Å². The molecule has 0 radical (unpaired) electrons. The molecule has 12 heteroatoms. The fraction of sp³-hybridized carbons (Fsp3) is 0.182. The van der Waals surface area contributed by atoms with E-state index in [-0.39, 0.29) is 28.3 Å². The summed E-state index contributed by atoms with van der Waals surface area (Å²) in [6.07, 6.45) is -5.42. The van der Waals surface area contributed by atoms with E-state index in [2.05, 4.69) is 5.32 Å². The number of ketones is 1. The molecule has 2 amide bonds. The van der Waals surface area contributed by atoms with Gasteiger partial charge in [0.05, 0.1) is 10.5 Å². The van der Waals surface area contributed by atoms with Gasteiger partial charge in [-0.3, -0.25) is 14.9 Å². The van der Waals surface area contributed by atoms with Crippen molar-refractivity contribution in [1.29, 1.82) is 0 Å². The molecule has 9 nitrogen and oxygen atoms in total. The number of Topliss-reactive ketones (excluding diaryl/α,β-unsaturated/α-hetero) is 1. The number of hydrogen-bond donors (Lipinski definition) is 3. The summed E-state index contributed by atoms with van der Waals surface area (Å²) in [7, 11) is 0. The lowest BCUT2D eigenvalue weighted by atomic mass is 9.79. The van der Waals surface area contributed by atoms with Gasteiger partial charge in [-0.05, 0) is 18.2 Å². The first-order valence-corrected chi connectivity index (χ1v) is 9.83. The Morgan fingerprint density at radius 1 is 1.06 bits per heavy atom. The molecule has 1 saturated heterocycles. The summed E-state index contributed by atoms with van der Waals surface area (Å²) in [4.78, 5) is 36.0. The van der Waals surface area contributed by atoms with Crippen LogP contribution < -0.4 is 10.6 Å². The third-order valence-electron chi connectivity index (χ3n) is 5.45. The van der Waals surface area contributed by atoms with E-state index in [0.29, 0.717) is 0 Å². The van der Waals surface area contributed by atoms with Gasteiger partial charge in [0.1, 0.15) is 23.5 Å². The SMILES string of the molecule is O=C1N[C@H](c2ccc(-c3ccccc3[N+](=O)[O-])o2)[C@H](C(=O)c2ccccc2)[C@@](O)(C(F)(F)F)N1. The number of halogens is 3. The highest BCUT2D eigenvalue weighted by Crippen LogP contribution is 2.45. The highest BCUT2D eigenvalue weighted by atomic mass is 19.4. The van der Waals surface area contributed by atoms with Crippen LogP contribution in [0.1, 0.15) is 22.2 Å². The van der Waals surface area contributed by atoms with Crippen LogP contribution >= 0.6 is 0 Å². The molecule has 1 aromatic heterocycles. The normalized spacial score (nSPS) is 22.5. The van der Waals surface area contributed by atoms with E-state index < -0.39 is 40.6 Å². The van der Waals surface area contributed by atoms with Gasteiger partial charge in [0.15, 0.2) is 5.78 Å². The quantitative estimate of drug-likeness (QED) is 0.291. The number of carbonyl (C=O) groups excluding carboxylic acids is 2. The number of nitrogens with zero attached hydrogens (tertiary/aromatic N) is 1. The second-order valence-electron chi connectivity index (χ2n) is 7.52. The van der Waals surface area contributed by atoms with Crippen molar-refractivity contribution in [2.24, 2.45) is 5.92 Å². The molecule has 1 aliphatic heterocycles. The Hall–Kier alpha value is -4.19. The number of carbonyl (C=O) groups is 2. The van der Waals surface area contributed by atoms with Gasteiger partial charge in [-0.25, -0.2) is 4.79 Å². The van der Waals surface area contributed by atoms with Crippen LogP contribution in [0.5, 0.6) is 0 Å². The van der Waals surface area contributed by atoms with E-state index in [4.69, 9.17) is 4.42 Å². The summed E-state index contributed by atoms with van der Waals surface area (Å²) in [6.45, 7) is 0. The second-order valence-corrected chi connectivity index (χ2v) is 7.52. The van der Waals surface area contributed by atoms with E-state index in [9.17, 15) is 38.0 Å². The molecule has 4 rings (SSSR count). The van der Waals surface area contributed by atoms with Crippen molar-refractivity contribution in [3.8, 4) is 11.3 Å². The summed E-state index contributed by atoms with van der Waals surface area (Å²) in [5.74, 6) is -3.77. The summed E-state index contributed by atoms with van der Waals surface area (Å²) in [5.41, 5.74) is -4.33. The second kappa shape index (κ2) is 8.30. The highest BCUT2D eigenvalue weighted by Gasteiger charge is 2.66. The number of benzene rings is 2. The molecule has 3 atom stereocenters. The molecule has 0 bridgehead atoms. The van der Waals surface area contributed by atoms with Gasteiger partial charge in [0.2, 0.25) is 5.72 Å². The minimum atomic E-state index is -5.42.